The molecule has 0 unspecified atom stereocenters. The third-order valence-electron chi connectivity index (χ3n) is 5.64. The second-order valence-corrected chi connectivity index (χ2v) is 8.08. The van der Waals surface area contributed by atoms with Gasteiger partial charge in [-0.3, -0.25) is 25.2 Å². The summed E-state index contributed by atoms with van der Waals surface area (Å²) in [6.07, 6.45) is 1.73. The van der Waals surface area contributed by atoms with Crippen LogP contribution in [-0.2, 0) is 16.1 Å². The summed E-state index contributed by atoms with van der Waals surface area (Å²) in [5, 5.41) is 5.92. The minimum Gasteiger partial charge on any atom is -0.463 e. The van der Waals surface area contributed by atoms with Crippen molar-refractivity contribution in [2.45, 2.75) is 19.4 Å². The lowest BCUT2D eigenvalue weighted by molar-refractivity contribution is -0.132. The summed E-state index contributed by atoms with van der Waals surface area (Å²) in [7, 11) is 0. The van der Waals surface area contributed by atoms with Crippen LogP contribution >= 0.6 is 0 Å². The maximum atomic E-state index is 13.2. The van der Waals surface area contributed by atoms with E-state index in [-0.39, 0.29) is 36.8 Å². The third-order valence-corrected chi connectivity index (χ3v) is 5.64. The molecule has 36 heavy (non-hydrogen) atoms. The number of hydrogen-bond acceptors (Lipinski definition) is 6. The van der Waals surface area contributed by atoms with E-state index in [0.29, 0.717) is 33.5 Å². The van der Waals surface area contributed by atoms with E-state index in [2.05, 4.69) is 20.9 Å². The number of carbonyl (C=O) groups is 3. The molecule has 5 rings (SSSR count). The first-order valence-corrected chi connectivity index (χ1v) is 11.1. The zero-order valence-corrected chi connectivity index (χ0v) is 18.9. The molecule has 2 N–H and O–H groups in total. The molecule has 180 valence electrons. The molecule has 0 atom stereocenters. The van der Waals surface area contributed by atoms with Gasteiger partial charge in [0.1, 0.15) is 17.2 Å². The quantitative estimate of drug-likeness (QED) is 0.419. The molecule has 4 aromatic rings. The fourth-order valence-electron chi connectivity index (χ4n) is 3.82. The van der Waals surface area contributed by atoms with Crippen molar-refractivity contribution in [3.63, 3.8) is 0 Å². The molecular formula is C26H20FN5O4. The summed E-state index contributed by atoms with van der Waals surface area (Å²) >= 11 is 0. The monoisotopic (exact) mass is 485 g/mol. The lowest BCUT2D eigenvalue weighted by atomic mass is 10.1. The van der Waals surface area contributed by atoms with Gasteiger partial charge in [0, 0.05) is 18.2 Å². The minimum atomic E-state index is -0.635. The molecule has 0 saturated carbocycles. The first-order chi connectivity index (χ1) is 17.5. The van der Waals surface area contributed by atoms with Crippen LogP contribution in [0.15, 0.2) is 82.5 Å². The molecular weight excluding hydrogens is 465 g/mol. The lowest BCUT2D eigenvalue weighted by Crippen LogP contribution is -2.47. The maximum Gasteiger partial charge on any atom is 0.285 e. The van der Waals surface area contributed by atoms with Crippen LogP contribution in [0, 0.1) is 5.82 Å². The van der Waals surface area contributed by atoms with Crippen molar-refractivity contribution in [3.8, 4) is 11.5 Å². The van der Waals surface area contributed by atoms with E-state index < -0.39 is 11.8 Å². The van der Waals surface area contributed by atoms with Crippen LogP contribution in [0.25, 0.3) is 22.4 Å². The molecule has 0 aliphatic carbocycles. The van der Waals surface area contributed by atoms with Crippen molar-refractivity contribution in [2.24, 2.45) is 5.10 Å². The maximum absolute atomic E-state index is 13.2. The number of rotatable bonds is 5. The SMILES string of the molecule is O=C(NNC(=O)c1cc(-c2ccco2)nc2ccccc12)C1=NN(Cc2ccc(F)cc2)C(=O)CC1. The smallest absolute Gasteiger partial charge is 0.285 e. The van der Waals surface area contributed by atoms with Gasteiger partial charge in [-0.15, -0.1) is 0 Å². The zero-order chi connectivity index (χ0) is 25.1. The highest BCUT2D eigenvalue weighted by molar-refractivity contribution is 6.39. The van der Waals surface area contributed by atoms with Crippen molar-refractivity contribution >= 4 is 34.3 Å². The van der Waals surface area contributed by atoms with E-state index in [4.69, 9.17) is 4.42 Å². The molecule has 0 fully saturated rings. The predicted octanol–water partition coefficient (Wildman–Crippen LogP) is 3.57. The second-order valence-electron chi connectivity index (χ2n) is 8.08. The number of furan rings is 1. The Morgan fingerprint density at radius 2 is 1.75 bits per heavy atom. The topological polar surface area (TPSA) is 117 Å². The highest BCUT2D eigenvalue weighted by Gasteiger charge is 2.25. The summed E-state index contributed by atoms with van der Waals surface area (Å²) in [6, 6.07) is 17.8. The highest BCUT2D eigenvalue weighted by atomic mass is 19.1. The molecule has 3 heterocycles. The van der Waals surface area contributed by atoms with Crippen molar-refractivity contribution in [2.75, 3.05) is 0 Å². The highest BCUT2D eigenvalue weighted by Crippen LogP contribution is 2.25. The standard InChI is InChI=1S/C26H20FN5O4/c27-17-9-7-16(8-10-17)15-32-24(33)12-11-21(31-32)26(35)30-29-25(34)19-14-22(23-6-3-13-36-23)28-20-5-2-1-4-18(19)20/h1-10,13-14H,11-12,15H2,(H,29,34)(H,30,35). The molecule has 2 aromatic carbocycles. The number of fused-ring (bicyclic) bond motifs is 1. The van der Waals surface area contributed by atoms with Crippen LogP contribution < -0.4 is 10.9 Å². The second kappa shape index (κ2) is 9.79. The van der Waals surface area contributed by atoms with Gasteiger partial charge in [-0.1, -0.05) is 30.3 Å². The molecule has 0 saturated heterocycles. The van der Waals surface area contributed by atoms with Gasteiger partial charge < -0.3 is 4.42 Å². The van der Waals surface area contributed by atoms with Crippen LogP contribution in [0.2, 0.25) is 0 Å². The summed E-state index contributed by atoms with van der Waals surface area (Å²) in [4.78, 5) is 42.6. The number of halogens is 1. The van der Waals surface area contributed by atoms with Gasteiger partial charge in [0.15, 0.2) is 5.76 Å². The summed E-state index contributed by atoms with van der Waals surface area (Å²) in [5.74, 6) is -1.33. The number of benzene rings is 2. The first-order valence-electron chi connectivity index (χ1n) is 11.1. The summed E-state index contributed by atoms with van der Waals surface area (Å²) in [6.45, 7) is 0.0980. The number of para-hydroxylation sites is 1. The van der Waals surface area contributed by atoms with Crippen LogP contribution in [-0.4, -0.2) is 33.4 Å². The molecule has 1 aliphatic rings. The Morgan fingerprint density at radius 1 is 0.972 bits per heavy atom. The van der Waals surface area contributed by atoms with Gasteiger partial charge in [0.25, 0.3) is 11.8 Å². The molecule has 10 heteroatoms. The number of carbonyl (C=O) groups excluding carboxylic acids is 3. The number of hydrazone groups is 1. The molecule has 1 aliphatic heterocycles. The number of aromatic nitrogens is 1. The molecule has 3 amide bonds. The van der Waals surface area contributed by atoms with Gasteiger partial charge in [-0.25, -0.2) is 14.4 Å². The van der Waals surface area contributed by atoms with E-state index in [1.54, 1.807) is 48.5 Å². The van der Waals surface area contributed by atoms with Gasteiger partial charge in [0.2, 0.25) is 5.91 Å². The number of nitrogens with zero attached hydrogens (tertiary/aromatic N) is 3. The van der Waals surface area contributed by atoms with Gasteiger partial charge in [-0.2, -0.15) is 5.10 Å². The number of hydrogen-bond donors (Lipinski definition) is 2. The average Bonchev–Trinajstić information content (AvgIpc) is 3.44. The number of pyridine rings is 1. The van der Waals surface area contributed by atoms with E-state index in [9.17, 15) is 18.8 Å². The number of amides is 3. The van der Waals surface area contributed by atoms with Crippen molar-refractivity contribution in [1.29, 1.82) is 0 Å². The average molecular weight is 485 g/mol. The molecule has 0 bridgehead atoms. The van der Waals surface area contributed by atoms with E-state index >= 15 is 0 Å². The summed E-state index contributed by atoms with van der Waals surface area (Å²) in [5.41, 5.74) is 6.92. The van der Waals surface area contributed by atoms with E-state index in [1.807, 2.05) is 6.07 Å². The van der Waals surface area contributed by atoms with Gasteiger partial charge in [0.05, 0.1) is 23.9 Å². The van der Waals surface area contributed by atoms with Gasteiger partial charge in [-0.05, 0) is 42.0 Å². The molecule has 9 nitrogen and oxygen atoms in total. The van der Waals surface area contributed by atoms with Crippen LogP contribution in [0.1, 0.15) is 28.8 Å². The Morgan fingerprint density at radius 3 is 2.53 bits per heavy atom. The Balaban J connectivity index is 1.31. The molecule has 2 aromatic heterocycles. The van der Waals surface area contributed by atoms with Crippen LogP contribution in [0.3, 0.4) is 0 Å². The largest absolute Gasteiger partial charge is 0.463 e. The van der Waals surface area contributed by atoms with Crippen molar-refractivity contribution in [3.05, 3.63) is 89.9 Å². The number of nitrogens with one attached hydrogen (secondary N) is 2. The normalized spacial score (nSPS) is 13.4. The number of hydrazine groups is 1. The first kappa shape index (κ1) is 22.9. The zero-order valence-electron chi connectivity index (χ0n) is 18.9. The Bertz CT molecular complexity index is 1480. The van der Waals surface area contributed by atoms with E-state index in [0.717, 1.165) is 0 Å². The molecule has 0 spiro atoms. The van der Waals surface area contributed by atoms with Crippen LogP contribution in [0.4, 0.5) is 4.39 Å². The van der Waals surface area contributed by atoms with Crippen molar-refractivity contribution < 1.29 is 23.2 Å². The fourth-order valence-corrected chi connectivity index (χ4v) is 3.82. The van der Waals surface area contributed by atoms with Crippen molar-refractivity contribution in [1.82, 2.24) is 20.8 Å². The predicted molar refractivity (Wildman–Crippen MR) is 129 cm³/mol. The fraction of sp³-hybridized carbons (Fsp3) is 0.115. The Kier molecular flexibility index (Phi) is 6.23. The molecule has 0 radical (unpaired) electrons. The lowest BCUT2D eigenvalue weighted by Gasteiger charge is -2.23. The minimum absolute atomic E-state index is 0.0862. The van der Waals surface area contributed by atoms with Crippen LogP contribution in [0.5, 0.6) is 0 Å². The van der Waals surface area contributed by atoms with E-state index in [1.165, 1.54) is 23.4 Å². The summed E-state index contributed by atoms with van der Waals surface area (Å²) < 4.78 is 18.6. The van der Waals surface area contributed by atoms with Gasteiger partial charge >= 0.3 is 0 Å². The third kappa shape index (κ3) is 4.83. The Labute approximate surface area is 204 Å². The Hall–Kier alpha value is -4.86.